The molecular weight excluding hydrogens is 499 g/mol. The van der Waals surface area contributed by atoms with E-state index in [1.54, 1.807) is 22.8 Å². The Labute approximate surface area is 191 Å². The lowest BCUT2D eigenvalue weighted by Gasteiger charge is -2.15. The molecule has 1 heterocycles. The van der Waals surface area contributed by atoms with E-state index in [0.29, 0.717) is 26.8 Å². The second-order valence-electron chi connectivity index (χ2n) is 6.08. The van der Waals surface area contributed by atoms with Gasteiger partial charge in [-0.05, 0) is 49.4 Å². The highest BCUT2D eigenvalue weighted by Gasteiger charge is 2.19. The van der Waals surface area contributed by atoms with E-state index in [4.69, 9.17) is 27.9 Å². The van der Waals surface area contributed by atoms with Crippen molar-refractivity contribution in [1.29, 1.82) is 0 Å². The molecule has 6 nitrogen and oxygen atoms in total. The molecule has 3 aromatic rings. The van der Waals surface area contributed by atoms with Crippen molar-refractivity contribution in [2.45, 2.75) is 18.2 Å². The van der Waals surface area contributed by atoms with Crippen molar-refractivity contribution >= 4 is 62.5 Å². The minimum Gasteiger partial charge on any atom is -0.481 e. The minimum atomic E-state index is -0.392. The van der Waals surface area contributed by atoms with Crippen molar-refractivity contribution in [1.82, 2.24) is 14.8 Å². The van der Waals surface area contributed by atoms with Gasteiger partial charge >= 0.3 is 0 Å². The molecule has 0 saturated heterocycles. The van der Waals surface area contributed by atoms with E-state index in [0.717, 1.165) is 10.2 Å². The molecule has 1 aromatic heterocycles. The topological polar surface area (TPSA) is 69.0 Å². The molecule has 0 fully saturated rings. The predicted molar refractivity (Wildman–Crippen MR) is 120 cm³/mol. The smallest absolute Gasteiger partial charge is 0.234 e. The number of hydrogen-bond acceptors (Lipinski definition) is 5. The van der Waals surface area contributed by atoms with Gasteiger partial charge in [-0.1, -0.05) is 50.9 Å². The minimum absolute atomic E-state index is 0.126. The lowest BCUT2D eigenvalue weighted by atomic mass is 10.3. The third-order valence-electron chi connectivity index (χ3n) is 3.89. The van der Waals surface area contributed by atoms with Gasteiger partial charge in [0.1, 0.15) is 5.75 Å². The molecular formula is C19H17BrCl2N4O2S. The van der Waals surface area contributed by atoms with Crippen LogP contribution in [0, 0.1) is 0 Å². The highest BCUT2D eigenvalue weighted by atomic mass is 79.9. The van der Waals surface area contributed by atoms with Crippen LogP contribution in [0.25, 0.3) is 0 Å². The lowest BCUT2D eigenvalue weighted by Crippen LogP contribution is -2.14. The first-order chi connectivity index (χ1) is 13.8. The van der Waals surface area contributed by atoms with Crippen molar-refractivity contribution in [3.05, 3.63) is 62.8 Å². The predicted octanol–water partition coefficient (Wildman–Crippen LogP) is 5.76. The zero-order valence-corrected chi connectivity index (χ0v) is 19.4. The number of anilines is 1. The van der Waals surface area contributed by atoms with E-state index < -0.39 is 6.10 Å². The Hall–Kier alpha value is -1.74. The summed E-state index contributed by atoms with van der Waals surface area (Å²) in [7, 11) is 1.83. The van der Waals surface area contributed by atoms with Crippen LogP contribution in [-0.2, 0) is 11.8 Å². The Morgan fingerprint density at radius 1 is 1.24 bits per heavy atom. The maximum atomic E-state index is 12.2. The van der Waals surface area contributed by atoms with Crippen molar-refractivity contribution in [3.8, 4) is 5.75 Å². The molecule has 3 rings (SSSR count). The number of carbonyl (C=O) groups excluding carboxylic acids is 1. The Balaban J connectivity index is 1.59. The van der Waals surface area contributed by atoms with Crippen LogP contribution >= 0.6 is 50.9 Å². The standard InChI is InChI=1S/C19H17BrCl2N4O2S/c1-11(28-16-8-5-13(21)9-15(16)22)18-24-25-19(26(18)2)29-10-17(27)23-14-6-3-12(20)4-7-14/h3-9,11H,10H2,1-2H3,(H,23,27). The van der Waals surface area contributed by atoms with Gasteiger partial charge in [0.25, 0.3) is 0 Å². The maximum Gasteiger partial charge on any atom is 0.234 e. The summed E-state index contributed by atoms with van der Waals surface area (Å²) in [5.41, 5.74) is 0.735. The molecule has 0 saturated carbocycles. The zero-order valence-electron chi connectivity index (χ0n) is 15.5. The monoisotopic (exact) mass is 514 g/mol. The lowest BCUT2D eigenvalue weighted by molar-refractivity contribution is -0.113. The average Bonchev–Trinajstić information content (AvgIpc) is 3.05. The van der Waals surface area contributed by atoms with Crippen LogP contribution in [-0.4, -0.2) is 26.4 Å². The first kappa shape index (κ1) is 22.0. The fourth-order valence-electron chi connectivity index (χ4n) is 2.48. The number of rotatable bonds is 7. The van der Waals surface area contributed by atoms with Gasteiger partial charge in [-0.15, -0.1) is 10.2 Å². The van der Waals surface area contributed by atoms with Gasteiger partial charge in [0.15, 0.2) is 17.1 Å². The van der Waals surface area contributed by atoms with Gasteiger partial charge in [0.05, 0.1) is 10.8 Å². The van der Waals surface area contributed by atoms with E-state index in [2.05, 4.69) is 31.4 Å². The Bertz CT molecular complexity index is 1010. The van der Waals surface area contributed by atoms with E-state index >= 15 is 0 Å². The third kappa shape index (κ3) is 5.88. The molecule has 0 aliphatic carbocycles. The number of carbonyl (C=O) groups is 1. The molecule has 1 unspecified atom stereocenters. The van der Waals surface area contributed by atoms with Crippen molar-refractivity contribution < 1.29 is 9.53 Å². The first-order valence-corrected chi connectivity index (χ1v) is 11.1. The fourth-order valence-corrected chi connectivity index (χ4v) is 3.92. The summed E-state index contributed by atoms with van der Waals surface area (Å²) in [5.74, 6) is 1.21. The number of hydrogen-bond donors (Lipinski definition) is 1. The molecule has 0 bridgehead atoms. The van der Waals surface area contributed by atoms with Crippen LogP contribution in [0.5, 0.6) is 5.75 Å². The Morgan fingerprint density at radius 2 is 1.97 bits per heavy atom. The largest absolute Gasteiger partial charge is 0.481 e. The van der Waals surface area contributed by atoms with Gasteiger partial charge in [-0.3, -0.25) is 4.79 Å². The maximum absolute atomic E-state index is 12.2. The number of ether oxygens (including phenoxy) is 1. The van der Waals surface area contributed by atoms with Crippen molar-refractivity contribution in [3.63, 3.8) is 0 Å². The number of nitrogens with zero attached hydrogens (tertiary/aromatic N) is 3. The van der Waals surface area contributed by atoms with Crippen LogP contribution in [0.4, 0.5) is 5.69 Å². The molecule has 0 spiro atoms. The SMILES string of the molecule is CC(Oc1ccc(Cl)cc1Cl)c1nnc(SCC(=O)Nc2ccc(Br)cc2)n1C. The molecule has 1 atom stereocenters. The number of nitrogens with one attached hydrogen (secondary N) is 1. The van der Waals surface area contributed by atoms with Crippen LogP contribution in [0.3, 0.4) is 0 Å². The molecule has 1 amide bonds. The molecule has 1 N–H and O–H groups in total. The van der Waals surface area contributed by atoms with Crippen LogP contribution in [0.15, 0.2) is 52.1 Å². The van der Waals surface area contributed by atoms with Crippen LogP contribution in [0.1, 0.15) is 18.9 Å². The molecule has 0 aliphatic heterocycles. The Morgan fingerprint density at radius 3 is 2.66 bits per heavy atom. The number of halogens is 3. The third-order valence-corrected chi connectivity index (χ3v) is 5.97. The van der Waals surface area contributed by atoms with Crippen LogP contribution in [0.2, 0.25) is 10.0 Å². The van der Waals surface area contributed by atoms with Gasteiger partial charge in [0, 0.05) is 22.2 Å². The summed E-state index contributed by atoms with van der Waals surface area (Å²) in [6.07, 6.45) is -0.392. The van der Waals surface area contributed by atoms with E-state index in [9.17, 15) is 4.79 Å². The quantitative estimate of drug-likeness (QED) is 0.405. The Kier molecular flexibility index (Phi) is 7.45. The summed E-state index contributed by atoms with van der Waals surface area (Å²) in [6.45, 7) is 1.85. The van der Waals surface area contributed by atoms with Gasteiger partial charge in [-0.25, -0.2) is 0 Å². The second-order valence-corrected chi connectivity index (χ2v) is 8.78. The van der Waals surface area contributed by atoms with Gasteiger partial charge in [0.2, 0.25) is 5.91 Å². The summed E-state index contributed by atoms with van der Waals surface area (Å²) < 4.78 is 8.64. The van der Waals surface area contributed by atoms with E-state index in [1.807, 2.05) is 38.2 Å². The summed E-state index contributed by atoms with van der Waals surface area (Å²) in [4.78, 5) is 12.2. The second kappa shape index (κ2) is 9.84. The van der Waals surface area contributed by atoms with Crippen molar-refractivity contribution in [2.24, 2.45) is 7.05 Å². The van der Waals surface area contributed by atoms with E-state index in [-0.39, 0.29) is 11.7 Å². The normalized spacial score (nSPS) is 11.9. The molecule has 0 radical (unpaired) electrons. The van der Waals surface area contributed by atoms with Gasteiger partial charge < -0.3 is 14.6 Å². The molecule has 2 aromatic carbocycles. The summed E-state index contributed by atoms with van der Waals surface area (Å²) >= 11 is 16.7. The first-order valence-electron chi connectivity index (χ1n) is 8.52. The van der Waals surface area contributed by atoms with E-state index in [1.165, 1.54) is 11.8 Å². The summed E-state index contributed by atoms with van der Waals surface area (Å²) in [6, 6.07) is 12.4. The number of benzene rings is 2. The van der Waals surface area contributed by atoms with Crippen LogP contribution < -0.4 is 10.1 Å². The highest BCUT2D eigenvalue weighted by molar-refractivity contribution is 9.10. The number of thioether (sulfide) groups is 1. The zero-order chi connectivity index (χ0) is 21.0. The molecule has 152 valence electrons. The molecule has 10 heteroatoms. The highest BCUT2D eigenvalue weighted by Crippen LogP contribution is 2.31. The van der Waals surface area contributed by atoms with Gasteiger partial charge in [-0.2, -0.15) is 0 Å². The molecule has 29 heavy (non-hydrogen) atoms. The van der Waals surface area contributed by atoms with Crippen molar-refractivity contribution in [2.75, 3.05) is 11.1 Å². The fraction of sp³-hybridized carbons (Fsp3) is 0.211. The molecule has 0 aliphatic rings. The number of aromatic nitrogens is 3. The average molecular weight is 516 g/mol. The summed E-state index contributed by atoms with van der Waals surface area (Å²) in [5, 5.41) is 12.8. The number of amides is 1.